The van der Waals surface area contributed by atoms with Crippen LogP contribution >= 0.6 is 0 Å². The number of nitrogens with zero attached hydrogens (tertiary/aromatic N) is 1. The van der Waals surface area contributed by atoms with Crippen LogP contribution in [0.5, 0.6) is 0 Å². The van der Waals surface area contributed by atoms with Gasteiger partial charge in [0.05, 0.1) is 11.9 Å². The molecule has 0 bridgehead atoms. The molecule has 0 unspecified atom stereocenters. The maximum absolute atomic E-state index is 13.3. The average molecular weight is 315 g/mol. The molecule has 0 saturated heterocycles. The Hall–Kier alpha value is -3.20. The third-order valence-electron chi connectivity index (χ3n) is 3.83. The van der Waals surface area contributed by atoms with E-state index in [0.29, 0.717) is 17.1 Å². The number of furan rings is 1. The Morgan fingerprint density at radius 2 is 1.67 bits per heavy atom. The highest BCUT2D eigenvalue weighted by Gasteiger charge is 2.05. The summed E-state index contributed by atoms with van der Waals surface area (Å²) in [5.74, 6) is 0.964. The van der Waals surface area contributed by atoms with E-state index in [4.69, 9.17) is 4.42 Å². The lowest BCUT2D eigenvalue weighted by Gasteiger charge is -2.00. The van der Waals surface area contributed by atoms with Crippen molar-refractivity contribution in [3.05, 3.63) is 90.4 Å². The van der Waals surface area contributed by atoms with Crippen molar-refractivity contribution in [1.82, 2.24) is 0 Å². The van der Waals surface area contributed by atoms with Gasteiger partial charge >= 0.3 is 0 Å². The molecule has 0 aliphatic heterocycles. The van der Waals surface area contributed by atoms with Crippen LogP contribution in [0.3, 0.4) is 0 Å². The Labute approximate surface area is 138 Å². The smallest absolute Gasteiger partial charge is 0.145 e. The molecule has 3 aromatic carbocycles. The minimum atomic E-state index is -0.283. The van der Waals surface area contributed by atoms with Gasteiger partial charge in [0.1, 0.15) is 17.3 Å². The van der Waals surface area contributed by atoms with Gasteiger partial charge in [0.15, 0.2) is 0 Å². The molecule has 116 valence electrons. The van der Waals surface area contributed by atoms with Gasteiger partial charge in [0.2, 0.25) is 0 Å². The molecule has 1 aromatic heterocycles. The number of hydrogen-bond acceptors (Lipinski definition) is 2. The molecule has 3 heteroatoms. The molecule has 0 saturated carbocycles. The molecular formula is C21H14FNO. The minimum absolute atomic E-state index is 0.283. The summed E-state index contributed by atoms with van der Waals surface area (Å²) in [6.45, 7) is 0. The predicted molar refractivity (Wildman–Crippen MR) is 95.3 cm³/mol. The van der Waals surface area contributed by atoms with Crippen LogP contribution in [0.25, 0.3) is 22.1 Å². The van der Waals surface area contributed by atoms with Crippen molar-refractivity contribution in [3.63, 3.8) is 0 Å². The van der Waals surface area contributed by atoms with E-state index >= 15 is 0 Å². The lowest BCUT2D eigenvalue weighted by molar-refractivity contribution is 0.573. The molecular weight excluding hydrogens is 301 g/mol. The van der Waals surface area contributed by atoms with E-state index in [-0.39, 0.29) is 5.82 Å². The second-order valence-electron chi connectivity index (χ2n) is 5.47. The molecule has 0 radical (unpaired) electrons. The molecule has 0 spiro atoms. The molecule has 4 rings (SSSR count). The molecule has 0 aliphatic carbocycles. The van der Waals surface area contributed by atoms with Crippen molar-refractivity contribution in [1.29, 1.82) is 0 Å². The molecule has 4 aromatic rings. The molecule has 0 N–H and O–H groups in total. The van der Waals surface area contributed by atoms with Gasteiger partial charge in [-0.25, -0.2) is 4.39 Å². The van der Waals surface area contributed by atoms with E-state index in [9.17, 15) is 4.39 Å². The Balaban J connectivity index is 1.65. The maximum atomic E-state index is 13.3. The van der Waals surface area contributed by atoms with Gasteiger partial charge in [0.25, 0.3) is 0 Å². The summed E-state index contributed by atoms with van der Waals surface area (Å²) < 4.78 is 19.1. The maximum Gasteiger partial charge on any atom is 0.145 e. The summed E-state index contributed by atoms with van der Waals surface area (Å²) in [5, 5.41) is 2.24. The zero-order valence-electron chi connectivity index (χ0n) is 12.8. The second-order valence-corrected chi connectivity index (χ2v) is 5.47. The zero-order valence-corrected chi connectivity index (χ0v) is 12.8. The van der Waals surface area contributed by atoms with Crippen LogP contribution in [0.4, 0.5) is 10.1 Å². The molecule has 0 atom stereocenters. The highest BCUT2D eigenvalue weighted by Crippen LogP contribution is 2.26. The summed E-state index contributed by atoms with van der Waals surface area (Å²) in [4.78, 5) is 4.54. The first kappa shape index (κ1) is 14.4. The van der Waals surface area contributed by atoms with E-state index in [0.717, 1.165) is 16.5 Å². The number of benzene rings is 3. The second kappa shape index (κ2) is 6.13. The van der Waals surface area contributed by atoms with Gasteiger partial charge in [-0.05, 0) is 35.7 Å². The van der Waals surface area contributed by atoms with Crippen LogP contribution in [0, 0.1) is 5.82 Å². The Kier molecular flexibility index (Phi) is 3.67. The standard InChI is InChI=1S/C21H14FNO/c22-17-8-3-7-16(13-17)21-12-11-18(24-21)14-23-20-10-4-6-15-5-1-2-9-19(15)20/h1-14H. The first-order chi connectivity index (χ1) is 11.8. The molecule has 0 fully saturated rings. The summed E-state index contributed by atoms with van der Waals surface area (Å²) in [6.07, 6.45) is 1.69. The lowest BCUT2D eigenvalue weighted by Crippen LogP contribution is -1.78. The summed E-state index contributed by atoms with van der Waals surface area (Å²) in [6, 6.07) is 24.1. The Bertz CT molecular complexity index is 1030. The van der Waals surface area contributed by atoms with Crippen LogP contribution in [0.2, 0.25) is 0 Å². The monoisotopic (exact) mass is 315 g/mol. The molecule has 24 heavy (non-hydrogen) atoms. The largest absolute Gasteiger partial charge is 0.455 e. The minimum Gasteiger partial charge on any atom is -0.455 e. The van der Waals surface area contributed by atoms with E-state index in [1.807, 2.05) is 48.5 Å². The number of aliphatic imine (C=N–C) groups is 1. The van der Waals surface area contributed by atoms with E-state index < -0.39 is 0 Å². The quantitative estimate of drug-likeness (QED) is 0.426. The molecule has 1 heterocycles. The number of halogens is 1. The van der Waals surface area contributed by atoms with Crippen molar-refractivity contribution >= 4 is 22.7 Å². The fourth-order valence-electron chi connectivity index (χ4n) is 2.67. The van der Waals surface area contributed by atoms with Crippen LogP contribution in [-0.4, -0.2) is 6.21 Å². The first-order valence-corrected chi connectivity index (χ1v) is 7.67. The van der Waals surface area contributed by atoms with Crippen molar-refractivity contribution in [2.24, 2.45) is 4.99 Å². The van der Waals surface area contributed by atoms with Gasteiger partial charge in [-0.15, -0.1) is 0 Å². The Morgan fingerprint density at radius 3 is 2.58 bits per heavy atom. The van der Waals surface area contributed by atoms with Crippen molar-refractivity contribution in [3.8, 4) is 11.3 Å². The fraction of sp³-hybridized carbons (Fsp3) is 0. The van der Waals surface area contributed by atoms with Gasteiger partial charge < -0.3 is 4.42 Å². The van der Waals surface area contributed by atoms with Crippen LogP contribution in [0.15, 0.2) is 88.3 Å². The first-order valence-electron chi connectivity index (χ1n) is 7.67. The van der Waals surface area contributed by atoms with Crippen molar-refractivity contribution in [2.75, 3.05) is 0 Å². The van der Waals surface area contributed by atoms with E-state index in [1.165, 1.54) is 12.1 Å². The SMILES string of the molecule is Fc1cccc(-c2ccc(C=Nc3cccc4ccccc34)o2)c1. The number of rotatable bonds is 3. The topological polar surface area (TPSA) is 25.5 Å². The molecule has 2 nitrogen and oxygen atoms in total. The molecule has 0 aliphatic rings. The van der Waals surface area contributed by atoms with Crippen molar-refractivity contribution in [2.45, 2.75) is 0 Å². The Morgan fingerprint density at radius 1 is 0.833 bits per heavy atom. The average Bonchev–Trinajstić information content (AvgIpc) is 3.09. The van der Waals surface area contributed by atoms with E-state index in [1.54, 1.807) is 12.3 Å². The summed E-state index contributed by atoms with van der Waals surface area (Å²) in [7, 11) is 0. The molecule has 0 amide bonds. The normalized spacial score (nSPS) is 11.4. The third kappa shape index (κ3) is 2.84. The summed E-state index contributed by atoms with van der Waals surface area (Å²) in [5.41, 5.74) is 1.59. The zero-order chi connectivity index (χ0) is 16.4. The van der Waals surface area contributed by atoms with Crippen LogP contribution in [0.1, 0.15) is 5.76 Å². The van der Waals surface area contributed by atoms with Gasteiger partial charge in [-0.3, -0.25) is 4.99 Å². The van der Waals surface area contributed by atoms with Crippen LogP contribution < -0.4 is 0 Å². The summed E-state index contributed by atoms with van der Waals surface area (Å²) >= 11 is 0. The van der Waals surface area contributed by atoms with Crippen LogP contribution in [-0.2, 0) is 0 Å². The van der Waals surface area contributed by atoms with Crippen molar-refractivity contribution < 1.29 is 8.81 Å². The number of fused-ring (bicyclic) bond motifs is 1. The van der Waals surface area contributed by atoms with E-state index in [2.05, 4.69) is 17.1 Å². The van der Waals surface area contributed by atoms with Gasteiger partial charge in [0, 0.05) is 10.9 Å². The van der Waals surface area contributed by atoms with Gasteiger partial charge in [-0.1, -0.05) is 48.5 Å². The highest BCUT2D eigenvalue weighted by atomic mass is 19.1. The highest BCUT2D eigenvalue weighted by molar-refractivity contribution is 5.94. The predicted octanol–water partition coefficient (Wildman–Crippen LogP) is 5.99. The fourth-order valence-corrected chi connectivity index (χ4v) is 2.67. The number of hydrogen-bond donors (Lipinski definition) is 0. The van der Waals surface area contributed by atoms with Gasteiger partial charge in [-0.2, -0.15) is 0 Å². The lowest BCUT2D eigenvalue weighted by atomic mass is 10.1. The third-order valence-corrected chi connectivity index (χ3v) is 3.83.